The number of carbonyl (C=O) groups excluding carboxylic acids is 2. The molecule has 5 heteroatoms. The lowest BCUT2D eigenvalue weighted by molar-refractivity contribution is -0.202. The molecular weight excluding hydrogens is 272 g/mol. The first-order chi connectivity index (χ1) is 9.82. The molecule has 3 rings (SSSR count). The highest BCUT2D eigenvalue weighted by molar-refractivity contribution is 5.92. The summed E-state index contributed by atoms with van der Waals surface area (Å²) >= 11 is 0. The number of hydrogen-bond donors (Lipinski definition) is 1. The summed E-state index contributed by atoms with van der Waals surface area (Å²) in [6, 6.07) is 0. The van der Waals surface area contributed by atoms with Gasteiger partial charge in [-0.05, 0) is 32.1 Å². The predicted octanol–water partition coefficient (Wildman–Crippen LogP) is 1.86. The van der Waals surface area contributed by atoms with E-state index in [1.165, 1.54) is 6.92 Å². The summed E-state index contributed by atoms with van der Waals surface area (Å²) in [4.78, 5) is 23.0. The molecule has 1 heterocycles. The Morgan fingerprint density at radius 1 is 1.52 bits per heavy atom. The van der Waals surface area contributed by atoms with E-state index in [-0.39, 0.29) is 30.3 Å². The first kappa shape index (κ1) is 14.3. The molecule has 21 heavy (non-hydrogen) atoms. The van der Waals surface area contributed by atoms with Crippen molar-refractivity contribution in [2.24, 2.45) is 11.8 Å². The number of fused-ring (bicyclic) bond motifs is 2. The molecule has 5 nitrogen and oxygen atoms in total. The van der Waals surface area contributed by atoms with Crippen LogP contribution in [0, 0.1) is 11.8 Å². The molecule has 0 spiro atoms. The highest BCUT2D eigenvalue weighted by atomic mass is 16.7. The van der Waals surface area contributed by atoms with E-state index in [0.717, 1.165) is 12.0 Å². The lowest BCUT2D eigenvalue weighted by Crippen LogP contribution is -2.48. The molecule has 0 unspecified atom stereocenters. The maximum Gasteiger partial charge on any atom is 0.336 e. The van der Waals surface area contributed by atoms with Crippen LogP contribution in [0.5, 0.6) is 0 Å². The maximum atomic E-state index is 11.7. The Bertz CT molecular complexity index is 561. The third-order valence-electron chi connectivity index (χ3n) is 5.01. The van der Waals surface area contributed by atoms with Crippen molar-refractivity contribution >= 4 is 11.9 Å². The fourth-order valence-corrected chi connectivity index (χ4v) is 3.94. The van der Waals surface area contributed by atoms with Crippen LogP contribution in [-0.2, 0) is 19.1 Å². The summed E-state index contributed by atoms with van der Waals surface area (Å²) in [5.74, 6) is -2.23. The van der Waals surface area contributed by atoms with Gasteiger partial charge < -0.3 is 14.6 Å². The van der Waals surface area contributed by atoms with Gasteiger partial charge in [0.05, 0.1) is 0 Å². The zero-order chi connectivity index (χ0) is 15.4. The Hall–Kier alpha value is -1.62. The van der Waals surface area contributed by atoms with Crippen LogP contribution in [0.3, 0.4) is 0 Å². The zero-order valence-corrected chi connectivity index (χ0v) is 12.3. The molecule has 0 saturated heterocycles. The van der Waals surface area contributed by atoms with Crippen molar-refractivity contribution in [1.82, 2.24) is 0 Å². The van der Waals surface area contributed by atoms with Gasteiger partial charge in [-0.25, -0.2) is 4.79 Å². The average molecular weight is 292 g/mol. The minimum absolute atomic E-state index is 0.0531. The molecule has 2 fully saturated rings. The summed E-state index contributed by atoms with van der Waals surface area (Å²) in [5, 5.41) is 10.7. The number of esters is 2. The van der Waals surface area contributed by atoms with Crippen molar-refractivity contribution in [2.75, 3.05) is 0 Å². The van der Waals surface area contributed by atoms with Crippen LogP contribution in [0.25, 0.3) is 0 Å². The van der Waals surface area contributed by atoms with Gasteiger partial charge in [0.25, 0.3) is 0 Å². The second kappa shape index (κ2) is 4.70. The average Bonchev–Trinajstić information content (AvgIpc) is 2.61. The number of hydrogen-bond acceptors (Lipinski definition) is 5. The van der Waals surface area contributed by atoms with Crippen LogP contribution < -0.4 is 0 Å². The molecule has 4 atom stereocenters. The highest BCUT2D eigenvalue weighted by Gasteiger charge is 2.55. The molecule has 2 saturated carbocycles. The fraction of sp³-hybridized carbons (Fsp3) is 0.625. The molecule has 0 radical (unpaired) electrons. The van der Waals surface area contributed by atoms with Crippen LogP contribution in [0.2, 0.25) is 0 Å². The van der Waals surface area contributed by atoms with Crippen LogP contribution >= 0.6 is 0 Å². The maximum absolute atomic E-state index is 11.7. The molecule has 0 aromatic rings. The fourth-order valence-electron chi connectivity index (χ4n) is 3.94. The van der Waals surface area contributed by atoms with Crippen LogP contribution in [0.1, 0.15) is 39.5 Å². The Morgan fingerprint density at radius 2 is 2.24 bits per heavy atom. The van der Waals surface area contributed by atoms with E-state index in [4.69, 9.17) is 9.47 Å². The minimum Gasteiger partial charge on any atom is -0.462 e. The van der Waals surface area contributed by atoms with Gasteiger partial charge in [0.2, 0.25) is 5.79 Å². The quantitative estimate of drug-likeness (QED) is 0.590. The second-order valence-electron chi connectivity index (χ2n) is 6.30. The largest absolute Gasteiger partial charge is 0.462 e. The first-order valence-corrected chi connectivity index (χ1v) is 7.32. The van der Waals surface area contributed by atoms with Crippen molar-refractivity contribution in [3.63, 3.8) is 0 Å². The Kier molecular flexibility index (Phi) is 3.20. The van der Waals surface area contributed by atoms with Crippen molar-refractivity contribution in [1.29, 1.82) is 0 Å². The van der Waals surface area contributed by atoms with Crippen LogP contribution in [0.4, 0.5) is 0 Å². The molecule has 3 aliphatic rings. The molecule has 0 amide bonds. The lowest BCUT2D eigenvalue weighted by atomic mass is 9.64. The van der Waals surface area contributed by atoms with Crippen LogP contribution in [0.15, 0.2) is 23.3 Å². The summed E-state index contributed by atoms with van der Waals surface area (Å²) in [6.07, 6.45) is 2.09. The van der Waals surface area contributed by atoms with Gasteiger partial charge in [0.15, 0.2) is 0 Å². The van der Waals surface area contributed by atoms with Gasteiger partial charge in [0.1, 0.15) is 6.10 Å². The molecule has 1 N–H and O–H groups in total. The summed E-state index contributed by atoms with van der Waals surface area (Å²) in [7, 11) is 0. The Balaban J connectivity index is 1.93. The van der Waals surface area contributed by atoms with Gasteiger partial charge in [0, 0.05) is 30.4 Å². The van der Waals surface area contributed by atoms with E-state index in [1.54, 1.807) is 6.92 Å². The van der Waals surface area contributed by atoms with E-state index in [1.807, 2.05) is 0 Å². The van der Waals surface area contributed by atoms with Gasteiger partial charge >= 0.3 is 11.9 Å². The molecule has 0 aromatic carbocycles. The van der Waals surface area contributed by atoms with Crippen LogP contribution in [-0.4, -0.2) is 28.9 Å². The van der Waals surface area contributed by atoms with Crippen molar-refractivity contribution < 1.29 is 24.2 Å². The molecule has 2 aliphatic carbocycles. The second-order valence-corrected chi connectivity index (χ2v) is 6.30. The van der Waals surface area contributed by atoms with Gasteiger partial charge in [-0.3, -0.25) is 4.79 Å². The number of aliphatic hydroxyl groups is 1. The minimum atomic E-state index is -1.53. The third kappa shape index (κ3) is 2.20. The molecule has 0 bridgehead atoms. The monoisotopic (exact) mass is 292 g/mol. The lowest BCUT2D eigenvalue weighted by Gasteiger charge is -2.46. The summed E-state index contributed by atoms with van der Waals surface area (Å²) in [6.45, 7) is 7.20. The van der Waals surface area contributed by atoms with Crippen molar-refractivity contribution in [3.05, 3.63) is 23.3 Å². The number of ether oxygens (including phenoxy) is 2. The normalized spacial score (nSPS) is 38.7. The summed E-state index contributed by atoms with van der Waals surface area (Å²) < 4.78 is 10.6. The van der Waals surface area contributed by atoms with Gasteiger partial charge in [-0.15, -0.1) is 0 Å². The Morgan fingerprint density at radius 3 is 2.90 bits per heavy atom. The smallest absolute Gasteiger partial charge is 0.336 e. The predicted molar refractivity (Wildman–Crippen MR) is 73.9 cm³/mol. The molecule has 1 aliphatic heterocycles. The van der Waals surface area contributed by atoms with Gasteiger partial charge in [-0.2, -0.15) is 0 Å². The standard InChI is InChI=1S/C16H20O5/c1-8-4-5-14(20-10(3)17)12-7-16(19)13(6-11(8)12)9(2)15(18)21-16/h11-12,14,19H,1,4-7H2,2-3H3/t11-,12-,14+,16-/m0/s1. The molecule has 114 valence electrons. The summed E-state index contributed by atoms with van der Waals surface area (Å²) in [5.41, 5.74) is 2.27. The first-order valence-electron chi connectivity index (χ1n) is 7.32. The zero-order valence-electron chi connectivity index (χ0n) is 12.3. The molecule has 0 aromatic heterocycles. The number of rotatable bonds is 1. The van der Waals surface area contributed by atoms with E-state index in [2.05, 4.69) is 6.58 Å². The van der Waals surface area contributed by atoms with E-state index in [9.17, 15) is 14.7 Å². The third-order valence-corrected chi connectivity index (χ3v) is 5.01. The number of carbonyl (C=O) groups is 2. The van der Waals surface area contributed by atoms with Gasteiger partial charge in [-0.1, -0.05) is 12.2 Å². The molecular formula is C16H20O5. The Labute approximate surface area is 123 Å². The van der Waals surface area contributed by atoms with Crippen molar-refractivity contribution in [3.8, 4) is 0 Å². The van der Waals surface area contributed by atoms with E-state index in [0.29, 0.717) is 24.0 Å². The number of allylic oxidation sites excluding steroid dienone is 1. The van der Waals surface area contributed by atoms with Crippen molar-refractivity contribution in [2.45, 2.75) is 51.4 Å². The highest BCUT2D eigenvalue weighted by Crippen LogP contribution is 2.52. The SMILES string of the molecule is C=C1CC[C@@H](OC(C)=O)[C@H]2C[C@]3(O)OC(=O)C(C)=C3C[C@@H]12. The topological polar surface area (TPSA) is 72.8 Å². The van der Waals surface area contributed by atoms with E-state index >= 15 is 0 Å². The van der Waals surface area contributed by atoms with E-state index < -0.39 is 11.8 Å².